The SMILES string of the molecule is CCCCCCOc1ccc(C(=O)NC(=S)Nc2ccc(S(=O)(=O)Nc3nccnc3OC)cc2)cc1. The molecular weight excluding hydrogens is 514 g/mol. The lowest BCUT2D eigenvalue weighted by Crippen LogP contribution is -2.34. The van der Waals surface area contributed by atoms with Gasteiger partial charge in [0.2, 0.25) is 5.82 Å². The molecule has 0 aliphatic heterocycles. The quantitative estimate of drug-likeness (QED) is 0.225. The number of thiocarbonyl (C=S) groups is 1. The Morgan fingerprint density at radius 2 is 1.68 bits per heavy atom. The highest BCUT2D eigenvalue weighted by atomic mass is 32.2. The van der Waals surface area contributed by atoms with E-state index in [-0.39, 0.29) is 27.6 Å². The van der Waals surface area contributed by atoms with Gasteiger partial charge in [0.05, 0.1) is 18.6 Å². The van der Waals surface area contributed by atoms with Gasteiger partial charge < -0.3 is 14.8 Å². The topological polar surface area (TPSA) is 132 Å². The third kappa shape index (κ3) is 8.40. The molecule has 1 aromatic heterocycles. The number of ether oxygens (including phenoxy) is 2. The zero-order chi connectivity index (χ0) is 26.7. The maximum absolute atomic E-state index is 12.7. The summed E-state index contributed by atoms with van der Waals surface area (Å²) in [5.41, 5.74) is 0.919. The number of methoxy groups -OCH3 is 1. The standard InChI is InChI=1S/C25H29N5O5S2/c1-3-4-5-6-17-35-20-11-7-18(8-12-20)23(31)29-25(36)28-19-9-13-21(14-10-19)37(32,33)30-22-24(34-2)27-16-15-26-22/h7-16H,3-6,17H2,1-2H3,(H,26,30)(H2,28,29,31,36). The fraction of sp³-hybridized carbons (Fsp3) is 0.280. The Kier molecular flexibility index (Phi) is 10.2. The average Bonchev–Trinajstić information content (AvgIpc) is 2.89. The van der Waals surface area contributed by atoms with E-state index in [1.54, 1.807) is 24.3 Å². The van der Waals surface area contributed by atoms with Gasteiger partial charge in [-0.05, 0) is 67.2 Å². The van der Waals surface area contributed by atoms with Crippen LogP contribution >= 0.6 is 12.2 Å². The molecule has 0 unspecified atom stereocenters. The van der Waals surface area contributed by atoms with Crippen molar-refractivity contribution in [2.45, 2.75) is 37.5 Å². The number of carbonyl (C=O) groups is 1. The van der Waals surface area contributed by atoms with Crippen molar-refractivity contribution in [2.75, 3.05) is 23.8 Å². The number of hydrogen-bond acceptors (Lipinski definition) is 8. The normalized spacial score (nSPS) is 10.9. The molecule has 0 saturated carbocycles. The van der Waals surface area contributed by atoms with Gasteiger partial charge >= 0.3 is 0 Å². The van der Waals surface area contributed by atoms with Crippen LogP contribution in [0.4, 0.5) is 11.5 Å². The van der Waals surface area contributed by atoms with Crippen molar-refractivity contribution in [3.8, 4) is 11.6 Å². The summed E-state index contributed by atoms with van der Waals surface area (Å²) >= 11 is 5.22. The second-order valence-corrected chi connectivity index (χ2v) is 9.98. The summed E-state index contributed by atoms with van der Waals surface area (Å²) < 4.78 is 38.4. The Balaban J connectivity index is 1.52. The fourth-order valence-corrected chi connectivity index (χ4v) is 4.42. The van der Waals surface area contributed by atoms with Crippen LogP contribution in [0.2, 0.25) is 0 Å². The van der Waals surface area contributed by atoms with Crippen LogP contribution < -0.4 is 24.8 Å². The van der Waals surface area contributed by atoms with E-state index >= 15 is 0 Å². The Labute approximate surface area is 221 Å². The summed E-state index contributed by atoms with van der Waals surface area (Å²) in [6.45, 7) is 2.80. The average molecular weight is 544 g/mol. The van der Waals surface area contributed by atoms with Crippen molar-refractivity contribution in [1.29, 1.82) is 0 Å². The van der Waals surface area contributed by atoms with Crippen LogP contribution in [-0.2, 0) is 10.0 Å². The van der Waals surface area contributed by atoms with E-state index < -0.39 is 10.0 Å². The lowest BCUT2D eigenvalue weighted by atomic mass is 10.2. The maximum atomic E-state index is 12.7. The molecule has 37 heavy (non-hydrogen) atoms. The monoisotopic (exact) mass is 543 g/mol. The number of amides is 1. The number of sulfonamides is 1. The zero-order valence-electron chi connectivity index (χ0n) is 20.6. The van der Waals surface area contributed by atoms with E-state index in [9.17, 15) is 13.2 Å². The van der Waals surface area contributed by atoms with Gasteiger partial charge in [-0.15, -0.1) is 0 Å². The highest BCUT2D eigenvalue weighted by Gasteiger charge is 2.18. The van der Waals surface area contributed by atoms with Gasteiger partial charge in [0.15, 0.2) is 5.11 Å². The first-order valence-electron chi connectivity index (χ1n) is 11.7. The van der Waals surface area contributed by atoms with Crippen molar-refractivity contribution in [3.05, 3.63) is 66.5 Å². The first kappa shape index (κ1) is 27.8. The van der Waals surface area contributed by atoms with Crippen LogP contribution in [-0.4, -0.2) is 43.1 Å². The largest absolute Gasteiger partial charge is 0.494 e. The molecule has 0 saturated heterocycles. The molecule has 1 heterocycles. The number of unbranched alkanes of at least 4 members (excludes halogenated alkanes) is 3. The van der Waals surface area contributed by atoms with Gasteiger partial charge in [-0.2, -0.15) is 0 Å². The van der Waals surface area contributed by atoms with Gasteiger partial charge in [0, 0.05) is 23.6 Å². The number of rotatable bonds is 12. The number of nitrogens with zero attached hydrogens (tertiary/aromatic N) is 2. The zero-order valence-corrected chi connectivity index (χ0v) is 22.2. The molecule has 3 aromatic rings. The number of carbonyl (C=O) groups excluding carboxylic acids is 1. The van der Waals surface area contributed by atoms with Gasteiger partial charge in [0.25, 0.3) is 21.8 Å². The van der Waals surface area contributed by atoms with Gasteiger partial charge in [0.1, 0.15) is 5.75 Å². The van der Waals surface area contributed by atoms with Crippen LogP contribution in [0.5, 0.6) is 11.6 Å². The Bertz CT molecular complexity index is 1300. The molecule has 0 aliphatic rings. The number of hydrogen-bond donors (Lipinski definition) is 3. The van der Waals surface area contributed by atoms with Gasteiger partial charge in [-0.3, -0.25) is 14.8 Å². The number of aromatic nitrogens is 2. The summed E-state index contributed by atoms with van der Waals surface area (Å²) in [5, 5.41) is 5.53. The van der Waals surface area contributed by atoms with Crippen LogP contribution in [0.3, 0.4) is 0 Å². The van der Waals surface area contributed by atoms with Crippen LogP contribution in [0, 0.1) is 0 Å². The van der Waals surface area contributed by atoms with Crippen LogP contribution in [0.1, 0.15) is 43.0 Å². The van der Waals surface area contributed by atoms with Crippen LogP contribution in [0.25, 0.3) is 0 Å². The molecule has 0 atom stereocenters. The predicted octanol–water partition coefficient (Wildman–Crippen LogP) is 4.37. The summed E-state index contributed by atoms with van der Waals surface area (Å²) in [6.07, 6.45) is 7.23. The Hall–Kier alpha value is -3.77. The van der Waals surface area contributed by atoms with Gasteiger partial charge in [-0.25, -0.2) is 18.4 Å². The molecule has 3 rings (SSSR count). The molecule has 196 valence electrons. The minimum absolute atomic E-state index is 0.00613. The molecule has 2 aromatic carbocycles. The fourth-order valence-electron chi connectivity index (χ4n) is 3.21. The minimum Gasteiger partial charge on any atom is -0.494 e. The number of benzene rings is 2. The van der Waals surface area contributed by atoms with Crippen molar-refractivity contribution < 1.29 is 22.7 Å². The first-order chi connectivity index (χ1) is 17.8. The lowest BCUT2D eigenvalue weighted by molar-refractivity contribution is 0.0977. The smallest absolute Gasteiger partial charge is 0.263 e. The van der Waals surface area contributed by atoms with Crippen molar-refractivity contribution in [2.24, 2.45) is 0 Å². The molecule has 10 nitrogen and oxygen atoms in total. The summed E-state index contributed by atoms with van der Waals surface area (Å²) in [5.74, 6) is 0.349. The van der Waals surface area contributed by atoms with Crippen molar-refractivity contribution in [1.82, 2.24) is 15.3 Å². The first-order valence-corrected chi connectivity index (χ1v) is 13.5. The predicted molar refractivity (Wildman–Crippen MR) is 146 cm³/mol. The number of nitrogens with one attached hydrogen (secondary N) is 3. The third-order valence-electron chi connectivity index (χ3n) is 5.12. The summed E-state index contributed by atoms with van der Waals surface area (Å²) in [6, 6.07) is 12.6. The molecule has 0 spiro atoms. The highest BCUT2D eigenvalue weighted by molar-refractivity contribution is 7.92. The van der Waals surface area contributed by atoms with E-state index in [4.69, 9.17) is 21.7 Å². The van der Waals surface area contributed by atoms with E-state index in [0.29, 0.717) is 23.6 Å². The second-order valence-electron chi connectivity index (χ2n) is 7.89. The molecule has 0 aliphatic carbocycles. The van der Waals surface area contributed by atoms with Gasteiger partial charge in [-0.1, -0.05) is 26.2 Å². The molecule has 1 amide bonds. The van der Waals surface area contributed by atoms with E-state index in [1.165, 1.54) is 56.6 Å². The Morgan fingerprint density at radius 1 is 0.973 bits per heavy atom. The van der Waals surface area contributed by atoms with E-state index in [0.717, 1.165) is 12.8 Å². The second kappa shape index (κ2) is 13.5. The summed E-state index contributed by atoms with van der Waals surface area (Å²) in [7, 11) is -2.57. The van der Waals surface area contributed by atoms with Crippen molar-refractivity contribution in [3.63, 3.8) is 0 Å². The van der Waals surface area contributed by atoms with Crippen molar-refractivity contribution >= 4 is 44.8 Å². The number of anilines is 2. The molecule has 3 N–H and O–H groups in total. The third-order valence-corrected chi connectivity index (χ3v) is 6.68. The van der Waals surface area contributed by atoms with Crippen LogP contribution in [0.15, 0.2) is 65.8 Å². The molecule has 12 heteroatoms. The lowest BCUT2D eigenvalue weighted by Gasteiger charge is -2.12. The van der Waals surface area contributed by atoms with E-state index in [1.807, 2.05) is 0 Å². The minimum atomic E-state index is -3.93. The Morgan fingerprint density at radius 3 is 2.35 bits per heavy atom. The summed E-state index contributed by atoms with van der Waals surface area (Å²) in [4.78, 5) is 20.4. The molecule has 0 fully saturated rings. The highest BCUT2D eigenvalue weighted by Crippen LogP contribution is 2.22. The van der Waals surface area contributed by atoms with E-state index in [2.05, 4.69) is 32.2 Å². The molecule has 0 radical (unpaired) electrons. The molecule has 0 bridgehead atoms. The maximum Gasteiger partial charge on any atom is 0.263 e. The molecular formula is C25H29N5O5S2.